The lowest BCUT2D eigenvalue weighted by Gasteiger charge is -2.19. The molecule has 2 aromatic heterocycles. The molecular weight excluding hydrogens is 506 g/mol. The van der Waals surface area contributed by atoms with E-state index in [4.69, 9.17) is 21.1 Å². The number of esters is 2. The van der Waals surface area contributed by atoms with Crippen molar-refractivity contribution in [3.8, 4) is 16.8 Å². The standard InChI is InChI=1S/C28H28ClN5O4/c1-28(2,3)38-26(35)17-8-6-7-16(9-17)18-10-19(29)12-20(11-18)34-25(23(14-30-34)27(36)37-5)22-13-21(22)24-15-33(4)32-31-24/h6-12,14-15,21-22H,13H2,1-5H3. The smallest absolute Gasteiger partial charge is 0.341 e. The zero-order valence-electron chi connectivity index (χ0n) is 21.8. The number of rotatable bonds is 6. The van der Waals surface area contributed by atoms with Crippen LogP contribution in [0.25, 0.3) is 16.8 Å². The van der Waals surface area contributed by atoms with Gasteiger partial charge < -0.3 is 9.47 Å². The topological polar surface area (TPSA) is 101 Å². The molecule has 0 spiro atoms. The number of hydrogen-bond acceptors (Lipinski definition) is 7. The van der Waals surface area contributed by atoms with Gasteiger partial charge in [0.1, 0.15) is 11.2 Å². The van der Waals surface area contributed by atoms with Crippen LogP contribution in [-0.2, 0) is 16.5 Å². The van der Waals surface area contributed by atoms with Crippen LogP contribution in [0.1, 0.15) is 71.1 Å². The molecule has 0 bridgehead atoms. The number of hydrogen-bond donors (Lipinski definition) is 0. The molecule has 0 amide bonds. The molecule has 2 aromatic carbocycles. The molecule has 38 heavy (non-hydrogen) atoms. The zero-order chi connectivity index (χ0) is 27.2. The van der Waals surface area contributed by atoms with Crippen molar-refractivity contribution >= 4 is 23.5 Å². The minimum absolute atomic E-state index is 0.0150. The van der Waals surface area contributed by atoms with Crippen molar-refractivity contribution in [2.24, 2.45) is 7.05 Å². The molecule has 0 aliphatic heterocycles. The third kappa shape index (κ3) is 5.19. The number of halogens is 1. The molecule has 0 N–H and O–H groups in total. The molecule has 1 saturated carbocycles. The van der Waals surface area contributed by atoms with Gasteiger partial charge in [-0.25, -0.2) is 14.3 Å². The Kier molecular flexibility index (Phi) is 6.56. The molecule has 2 unspecified atom stereocenters. The predicted octanol–water partition coefficient (Wildman–Crippen LogP) is 5.33. The van der Waals surface area contributed by atoms with Crippen molar-refractivity contribution in [1.29, 1.82) is 0 Å². The third-order valence-electron chi connectivity index (χ3n) is 6.31. The second-order valence-corrected chi connectivity index (χ2v) is 10.8. The summed E-state index contributed by atoms with van der Waals surface area (Å²) in [5.74, 6) is -0.723. The van der Waals surface area contributed by atoms with E-state index in [0.29, 0.717) is 21.8 Å². The second kappa shape index (κ2) is 9.72. The lowest BCUT2D eigenvalue weighted by molar-refractivity contribution is 0.00693. The number of carbonyl (C=O) groups excluding carboxylic acids is 2. The molecule has 2 atom stereocenters. The fourth-order valence-corrected chi connectivity index (χ4v) is 4.80. The summed E-state index contributed by atoms with van der Waals surface area (Å²) in [6.07, 6.45) is 4.22. The molecule has 5 rings (SSSR count). The summed E-state index contributed by atoms with van der Waals surface area (Å²) in [5, 5.41) is 13.3. The van der Waals surface area contributed by atoms with Crippen molar-refractivity contribution in [3.63, 3.8) is 0 Å². The maximum absolute atomic E-state index is 12.7. The highest BCUT2D eigenvalue weighted by atomic mass is 35.5. The van der Waals surface area contributed by atoms with Crippen LogP contribution in [0.5, 0.6) is 0 Å². The number of benzene rings is 2. The quantitative estimate of drug-likeness (QED) is 0.308. The molecule has 2 heterocycles. The molecule has 196 valence electrons. The van der Waals surface area contributed by atoms with Gasteiger partial charge in [0.05, 0.1) is 35.9 Å². The van der Waals surface area contributed by atoms with E-state index in [2.05, 4.69) is 15.4 Å². The maximum Gasteiger partial charge on any atom is 0.341 e. The van der Waals surface area contributed by atoms with Crippen molar-refractivity contribution < 1.29 is 19.1 Å². The number of aromatic nitrogens is 5. The Bertz CT molecular complexity index is 1530. The SMILES string of the molecule is COC(=O)c1cnn(-c2cc(Cl)cc(-c3cccc(C(=O)OC(C)(C)C)c3)c2)c1C1CC1c1cn(C)nn1. The van der Waals surface area contributed by atoms with Gasteiger partial charge in [-0.1, -0.05) is 28.9 Å². The molecule has 0 radical (unpaired) electrons. The normalized spacial score (nSPS) is 16.8. The number of nitrogens with zero attached hydrogens (tertiary/aromatic N) is 5. The Hall–Kier alpha value is -3.98. The predicted molar refractivity (Wildman–Crippen MR) is 142 cm³/mol. The molecule has 9 nitrogen and oxygen atoms in total. The van der Waals surface area contributed by atoms with Crippen LogP contribution >= 0.6 is 11.6 Å². The minimum atomic E-state index is -0.601. The van der Waals surface area contributed by atoms with Gasteiger partial charge in [-0.05, 0) is 68.7 Å². The molecule has 4 aromatic rings. The Morgan fingerprint density at radius 1 is 1.05 bits per heavy atom. The van der Waals surface area contributed by atoms with Gasteiger partial charge in [0.15, 0.2) is 0 Å². The van der Waals surface area contributed by atoms with E-state index in [1.165, 1.54) is 13.3 Å². The molecule has 1 fully saturated rings. The lowest BCUT2D eigenvalue weighted by Crippen LogP contribution is -2.23. The summed E-state index contributed by atoms with van der Waals surface area (Å²) in [6.45, 7) is 5.49. The van der Waals surface area contributed by atoms with Gasteiger partial charge in [0.2, 0.25) is 0 Å². The summed E-state index contributed by atoms with van der Waals surface area (Å²) < 4.78 is 14.0. The molecule has 10 heteroatoms. The first-order valence-corrected chi connectivity index (χ1v) is 12.6. The van der Waals surface area contributed by atoms with Gasteiger partial charge in [0.25, 0.3) is 0 Å². The lowest BCUT2D eigenvalue weighted by atomic mass is 10.0. The summed E-state index contributed by atoms with van der Waals surface area (Å²) >= 11 is 6.57. The van der Waals surface area contributed by atoms with Gasteiger partial charge in [0, 0.05) is 30.1 Å². The Morgan fingerprint density at radius 3 is 2.53 bits per heavy atom. The van der Waals surface area contributed by atoms with Gasteiger partial charge >= 0.3 is 11.9 Å². The molecule has 1 aliphatic rings. The number of methoxy groups -OCH3 is 1. The fourth-order valence-electron chi connectivity index (χ4n) is 4.57. The largest absolute Gasteiger partial charge is 0.465 e. The van der Waals surface area contributed by atoms with Crippen molar-refractivity contribution in [2.45, 2.75) is 44.6 Å². The van der Waals surface area contributed by atoms with E-state index in [0.717, 1.165) is 28.9 Å². The van der Waals surface area contributed by atoms with Crippen LogP contribution in [0.15, 0.2) is 54.9 Å². The Labute approximate surface area is 225 Å². The average Bonchev–Trinajstić information content (AvgIpc) is 3.32. The van der Waals surface area contributed by atoms with E-state index in [1.54, 1.807) is 33.6 Å². The van der Waals surface area contributed by atoms with Crippen LogP contribution in [-0.4, -0.2) is 49.4 Å². The van der Waals surface area contributed by atoms with E-state index in [1.807, 2.05) is 52.2 Å². The van der Waals surface area contributed by atoms with E-state index in [-0.39, 0.29) is 11.8 Å². The number of aryl methyl sites for hydroxylation is 1. The molecule has 0 saturated heterocycles. The first-order chi connectivity index (χ1) is 18.0. The molecular formula is C28H28ClN5O4. The first-order valence-electron chi connectivity index (χ1n) is 12.2. The van der Waals surface area contributed by atoms with E-state index < -0.39 is 17.5 Å². The molecule has 1 aliphatic carbocycles. The van der Waals surface area contributed by atoms with E-state index in [9.17, 15) is 9.59 Å². The maximum atomic E-state index is 12.7. The Morgan fingerprint density at radius 2 is 1.84 bits per heavy atom. The van der Waals surface area contributed by atoms with Gasteiger partial charge in [-0.3, -0.25) is 4.68 Å². The zero-order valence-corrected chi connectivity index (χ0v) is 22.6. The highest BCUT2D eigenvalue weighted by Crippen LogP contribution is 2.55. The van der Waals surface area contributed by atoms with Gasteiger partial charge in [-0.15, -0.1) is 5.10 Å². The minimum Gasteiger partial charge on any atom is -0.465 e. The summed E-state index contributed by atoms with van der Waals surface area (Å²) in [5.41, 5.74) is 4.12. The van der Waals surface area contributed by atoms with Crippen molar-refractivity contribution in [3.05, 3.63) is 82.4 Å². The van der Waals surface area contributed by atoms with Crippen LogP contribution in [0, 0.1) is 0 Å². The van der Waals surface area contributed by atoms with Crippen molar-refractivity contribution in [2.75, 3.05) is 7.11 Å². The summed E-state index contributed by atoms with van der Waals surface area (Å²) in [7, 11) is 3.18. The first kappa shape index (κ1) is 25.7. The van der Waals surface area contributed by atoms with Crippen molar-refractivity contribution in [1.82, 2.24) is 24.8 Å². The van der Waals surface area contributed by atoms with Crippen LogP contribution in [0.3, 0.4) is 0 Å². The van der Waals surface area contributed by atoms with E-state index >= 15 is 0 Å². The summed E-state index contributed by atoms with van der Waals surface area (Å²) in [6, 6.07) is 12.7. The van der Waals surface area contributed by atoms with Gasteiger partial charge in [-0.2, -0.15) is 5.10 Å². The van der Waals surface area contributed by atoms with Crippen LogP contribution in [0.4, 0.5) is 0 Å². The highest BCUT2D eigenvalue weighted by molar-refractivity contribution is 6.31. The summed E-state index contributed by atoms with van der Waals surface area (Å²) in [4.78, 5) is 25.3. The van der Waals surface area contributed by atoms with Crippen LogP contribution < -0.4 is 0 Å². The van der Waals surface area contributed by atoms with Crippen LogP contribution in [0.2, 0.25) is 5.02 Å². The number of ether oxygens (including phenoxy) is 2. The third-order valence-corrected chi connectivity index (χ3v) is 6.53. The highest BCUT2D eigenvalue weighted by Gasteiger charge is 2.46. The Balaban J connectivity index is 1.54. The average molecular weight is 534 g/mol. The second-order valence-electron chi connectivity index (χ2n) is 10.4. The fraction of sp³-hybridized carbons (Fsp3) is 0.321. The number of carbonyl (C=O) groups is 2. The monoisotopic (exact) mass is 533 g/mol.